The van der Waals surface area contributed by atoms with E-state index in [2.05, 4.69) is 9.41 Å². The van der Waals surface area contributed by atoms with Crippen LogP contribution in [0.3, 0.4) is 0 Å². The van der Waals surface area contributed by atoms with E-state index in [0.29, 0.717) is 0 Å². The van der Waals surface area contributed by atoms with Crippen LogP contribution < -0.4 is 16.6 Å². The Morgan fingerprint density at radius 2 is 1.35 bits per heavy atom. The van der Waals surface area contributed by atoms with E-state index in [0.717, 1.165) is 25.1 Å². The third-order valence-electron chi connectivity index (χ3n) is 4.56. The number of benzene rings is 1. The molecule has 2 amide bonds. The van der Waals surface area contributed by atoms with Gasteiger partial charge in [-0.1, -0.05) is 0 Å². The maximum atomic E-state index is 12.6. The summed E-state index contributed by atoms with van der Waals surface area (Å²) in [6.45, 7) is 5.48. The van der Waals surface area contributed by atoms with Crippen molar-refractivity contribution in [1.82, 2.24) is 11.0 Å². The standard InChI is InChI=1S/C23H23N3O11/c1-5-35-25-20(31)17(28)12-7-13(18(29)21(32)26-36-6-2)9-14(8-12)24-10(3)15-19(30)16(11(4)27)23(34)37-22(15)33/h7-9,30,34H,5-6H2,1-4H3,(H,25,31)(H,26,32). The number of ketones is 3. The third-order valence-corrected chi connectivity index (χ3v) is 4.56. The van der Waals surface area contributed by atoms with Crippen LogP contribution >= 0.6 is 0 Å². The molecule has 1 aromatic carbocycles. The molecular formula is C23H23N3O11. The number of hydroxylamine groups is 2. The average molecular weight is 517 g/mol. The molecule has 1 aromatic heterocycles. The summed E-state index contributed by atoms with van der Waals surface area (Å²) in [5, 5.41) is 20.1. The zero-order chi connectivity index (χ0) is 27.9. The van der Waals surface area contributed by atoms with Gasteiger partial charge >= 0.3 is 17.4 Å². The molecule has 0 aliphatic carbocycles. The summed E-state index contributed by atoms with van der Waals surface area (Å²) in [7, 11) is 0. The van der Waals surface area contributed by atoms with E-state index in [4.69, 9.17) is 9.68 Å². The summed E-state index contributed by atoms with van der Waals surface area (Å²) in [5.74, 6) is -7.46. The smallest absolute Gasteiger partial charge is 0.351 e. The molecule has 0 unspecified atom stereocenters. The molecule has 2 rings (SSSR count). The van der Waals surface area contributed by atoms with Gasteiger partial charge in [0.25, 0.3) is 17.5 Å². The van der Waals surface area contributed by atoms with Gasteiger partial charge in [0.05, 0.1) is 24.6 Å². The first-order valence-corrected chi connectivity index (χ1v) is 10.7. The van der Waals surface area contributed by atoms with E-state index < -0.39 is 57.6 Å². The molecule has 0 radical (unpaired) electrons. The first-order chi connectivity index (χ1) is 17.4. The summed E-state index contributed by atoms with van der Waals surface area (Å²) in [5.41, 5.74) is 0.122. The number of aliphatic imine (C=N–C) groups is 1. The average Bonchev–Trinajstić information content (AvgIpc) is 2.83. The van der Waals surface area contributed by atoms with Crippen molar-refractivity contribution in [3.63, 3.8) is 0 Å². The Bertz CT molecular complexity index is 1310. The van der Waals surface area contributed by atoms with Crippen LogP contribution in [0.15, 0.2) is 32.4 Å². The van der Waals surface area contributed by atoms with Crippen LogP contribution in [0.4, 0.5) is 5.69 Å². The fourth-order valence-electron chi connectivity index (χ4n) is 2.97. The second-order valence-electron chi connectivity index (χ2n) is 7.20. The zero-order valence-electron chi connectivity index (χ0n) is 20.2. The van der Waals surface area contributed by atoms with Crippen molar-refractivity contribution in [2.24, 2.45) is 4.99 Å². The van der Waals surface area contributed by atoms with Crippen LogP contribution in [-0.4, -0.2) is 58.3 Å². The second kappa shape index (κ2) is 12.3. The minimum absolute atomic E-state index is 0.0604. The van der Waals surface area contributed by atoms with Crippen molar-refractivity contribution >= 4 is 40.6 Å². The van der Waals surface area contributed by atoms with Gasteiger partial charge in [0.1, 0.15) is 16.9 Å². The highest BCUT2D eigenvalue weighted by Gasteiger charge is 2.25. The molecule has 0 bridgehead atoms. The number of Topliss-reactive ketones (excluding diaryl/α,β-unsaturated/α-hetero) is 3. The number of hydrogen-bond acceptors (Lipinski definition) is 12. The Kier molecular flexibility index (Phi) is 9.51. The predicted molar refractivity (Wildman–Crippen MR) is 125 cm³/mol. The molecular weight excluding hydrogens is 494 g/mol. The molecule has 14 nitrogen and oxygen atoms in total. The molecule has 1 heterocycles. The highest BCUT2D eigenvalue weighted by molar-refractivity contribution is 6.45. The lowest BCUT2D eigenvalue weighted by molar-refractivity contribution is -0.128. The monoisotopic (exact) mass is 517 g/mol. The highest BCUT2D eigenvalue weighted by Crippen LogP contribution is 2.30. The molecule has 0 spiro atoms. The molecule has 37 heavy (non-hydrogen) atoms. The Balaban J connectivity index is 2.67. The van der Waals surface area contributed by atoms with Gasteiger partial charge in [-0.2, -0.15) is 0 Å². The zero-order valence-corrected chi connectivity index (χ0v) is 20.2. The first kappa shape index (κ1) is 28.5. The maximum absolute atomic E-state index is 12.6. The van der Waals surface area contributed by atoms with Crippen LogP contribution in [0, 0.1) is 0 Å². The van der Waals surface area contributed by atoms with E-state index in [1.807, 2.05) is 11.0 Å². The number of nitrogens with zero attached hydrogens (tertiary/aromatic N) is 1. The van der Waals surface area contributed by atoms with Gasteiger partial charge in [-0.15, -0.1) is 0 Å². The molecule has 196 valence electrons. The third kappa shape index (κ3) is 6.71. The fraction of sp³-hybridized carbons (Fsp3) is 0.261. The predicted octanol–water partition coefficient (Wildman–Crippen LogP) is 0.895. The van der Waals surface area contributed by atoms with E-state index in [-0.39, 0.29) is 35.7 Å². The van der Waals surface area contributed by atoms with Gasteiger partial charge < -0.3 is 14.6 Å². The minimum atomic E-state index is -1.24. The molecule has 0 atom stereocenters. The van der Waals surface area contributed by atoms with Crippen molar-refractivity contribution in [2.75, 3.05) is 13.2 Å². The molecule has 0 aliphatic rings. The Hall–Kier alpha value is -4.69. The van der Waals surface area contributed by atoms with Gasteiger partial charge in [-0.3, -0.25) is 38.6 Å². The number of carbonyl (C=O) groups is 5. The summed E-state index contributed by atoms with van der Waals surface area (Å²) in [6, 6.07) is 3.11. The topological polar surface area (TPSA) is 211 Å². The Morgan fingerprint density at radius 3 is 1.78 bits per heavy atom. The highest BCUT2D eigenvalue weighted by atomic mass is 16.7. The SMILES string of the molecule is CCONC(=O)C(=O)c1cc(N=C(C)c2c(O)c(C(C)=O)c(O)oc2=O)cc(C(=O)C(=O)NOCC)c1. The summed E-state index contributed by atoms with van der Waals surface area (Å²) < 4.78 is 4.60. The molecule has 0 saturated heterocycles. The van der Waals surface area contributed by atoms with Crippen molar-refractivity contribution in [3.05, 3.63) is 50.9 Å². The molecule has 14 heteroatoms. The first-order valence-electron chi connectivity index (χ1n) is 10.7. The van der Waals surface area contributed by atoms with Crippen molar-refractivity contribution < 1.29 is 48.3 Å². The second-order valence-corrected chi connectivity index (χ2v) is 7.20. The lowest BCUT2D eigenvalue weighted by Gasteiger charge is -2.09. The van der Waals surface area contributed by atoms with Crippen molar-refractivity contribution in [1.29, 1.82) is 0 Å². The van der Waals surface area contributed by atoms with E-state index in [9.17, 15) is 39.0 Å². The molecule has 4 N–H and O–H groups in total. The lowest BCUT2D eigenvalue weighted by atomic mass is 10.0. The van der Waals surface area contributed by atoms with Crippen LogP contribution in [0.2, 0.25) is 0 Å². The molecule has 0 fully saturated rings. The largest absolute Gasteiger partial charge is 0.506 e. The van der Waals surface area contributed by atoms with E-state index >= 15 is 0 Å². The quantitative estimate of drug-likeness (QED) is 0.142. The number of hydrogen-bond donors (Lipinski definition) is 4. The van der Waals surface area contributed by atoms with Gasteiger partial charge in [0.2, 0.25) is 0 Å². The van der Waals surface area contributed by atoms with Crippen LogP contribution in [0.25, 0.3) is 0 Å². The number of amides is 2. The number of nitrogens with one attached hydrogen (secondary N) is 2. The fourth-order valence-corrected chi connectivity index (χ4v) is 2.97. The van der Waals surface area contributed by atoms with Gasteiger partial charge in [-0.05, 0) is 45.9 Å². The van der Waals surface area contributed by atoms with Gasteiger partial charge in [0.15, 0.2) is 5.78 Å². The lowest BCUT2D eigenvalue weighted by Crippen LogP contribution is -2.32. The molecule has 0 saturated carbocycles. The summed E-state index contributed by atoms with van der Waals surface area (Å²) in [6.07, 6.45) is 0. The summed E-state index contributed by atoms with van der Waals surface area (Å²) in [4.78, 5) is 86.9. The van der Waals surface area contributed by atoms with Gasteiger partial charge in [-0.25, -0.2) is 15.8 Å². The Labute approximate surface area is 208 Å². The van der Waals surface area contributed by atoms with Crippen LogP contribution in [0.1, 0.15) is 64.3 Å². The van der Waals surface area contributed by atoms with Crippen LogP contribution in [0.5, 0.6) is 11.7 Å². The van der Waals surface area contributed by atoms with E-state index in [1.54, 1.807) is 13.8 Å². The summed E-state index contributed by atoms with van der Waals surface area (Å²) >= 11 is 0. The molecule has 2 aromatic rings. The maximum Gasteiger partial charge on any atom is 0.351 e. The Morgan fingerprint density at radius 1 is 0.865 bits per heavy atom. The number of aromatic hydroxyl groups is 2. The van der Waals surface area contributed by atoms with E-state index in [1.165, 1.54) is 6.92 Å². The van der Waals surface area contributed by atoms with Crippen molar-refractivity contribution in [3.8, 4) is 11.7 Å². The normalized spacial score (nSPS) is 11.1. The number of carbonyl (C=O) groups excluding carboxylic acids is 5. The molecule has 0 aliphatic heterocycles. The number of rotatable bonds is 11. The minimum Gasteiger partial charge on any atom is -0.506 e. The van der Waals surface area contributed by atoms with Crippen molar-refractivity contribution in [2.45, 2.75) is 27.7 Å². The van der Waals surface area contributed by atoms with Crippen LogP contribution in [-0.2, 0) is 19.3 Å². The van der Waals surface area contributed by atoms with Gasteiger partial charge in [0, 0.05) is 11.1 Å².